The number of carbonyl (C=O) groups is 3. The lowest BCUT2D eigenvalue weighted by atomic mass is 10.1. The molecule has 1 aliphatic heterocycles. The summed E-state index contributed by atoms with van der Waals surface area (Å²) in [5.74, 6) is -1.65. The Hall–Kier alpha value is -1.59. The van der Waals surface area contributed by atoms with Crippen LogP contribution in [-0.2, 0) is 14.4 Å². The van der Waals surface area contributed by atoms with Crippen molar-refractivity contribution < 1.29 is 19.5 Å². The Morgan fingerprint density at radius 3 is 2.56 bits per heavy atom. The van der Waals surface area contributed by atoms with Gasteiger partial charge in [-0.15, -0.1) is 0 Å². The van der Waals surface area contributed by atoms with Crippen LogP contribution < -0.4 is 0 Å². The minimum atomic E-state index is -1.03. The number of likely N-dealkylation sites (tertiary alicyclic amines) is 1. The number of amides is 2. The Morgan fingerprint density at radius 2 is 2.06 bits per heavy atom. The molecule has 0 aromatic rings. The van der Waals surface area contributed by atoms with Gasteiger partial charge in [-0.3, -0.25) is 9.59 Å². The lowest BCUT2D eigenvalue weighted by molar-refractivity contribution is -0.149. The first kappa shape index (κ1) is 12.9. The molecule has 2 amide bonds. The molecule has 1 saturated carbocycles. The van der Waals surface area contributed by atoms with Gasteiger partial charge >= 0.3 is 5.97 Å². The molecule has 0 bridgehead atoms. The second kappa shape index (κ2) is 4.59. The quantitative estimate of drug-likeness (QED) is 0.761. The molecule has 1 heterocycles. The van der Waals surface area contributed by atoms with E-state index in [1.165, 1.54) is 18.9 Å². The van der Waals surface area contributed by atoms with Crippen molar-refractivity contribution in [3.05, 3.63) is 0 Å². The van der Waals surface area contributed by atoms with Crippen molar-refractivity contribution >= 4 is 17.8 Å². The van der Waals surface area contributed by atoms with Crippen LogP contribution in [0.3, 0.4) is 0 Å². The SMILES string of the molecule is CC(C(=O)O)N(C)C(=O)C1CC(=O)N(C2CC2)C1. The van der Waals surface area contributed by atoms with Gasteiger partial charge in [-0.1, -0.05) is 0 Å². The summed E-state index contributed by atoms with van der Waals surface area (Å²) in [6, 6.07) is -0.542. The van der Waals surface area contributed by atoms with Crippen LogP contribution in [-0.4, -0.2) is 58.4 Å². The van der Waals surface area contributed by atoms with E-state index in [2.05, 4.69) is 0 Å². The predicted octanol–water partition coefficient (Wildman–Crippen LogP) is -0.0712. The molecule has 0 radical (unpaired) electrons. The van der Waals surface area contributed by atoms with Crippen LogP contribution in [0.15, 0.2) is 0 Å². The summed E-state index contributed by atoms with van der Waals surface area (Å²) in [6.07, 6.45) is 2.26. The van der Waals surface area contributed by atoms with E-state index in [0.717, 1.165) is 12.8 Å². The van der Waals surface area contributed by atoms with Crippen LogP contribution in [0.1, 0.15) is 26.2 Å². The lowest BCUT2D eigenvalue weighted by Crippen LogP contribution is -2.44. The molecule has 6 nitrogen and oxygen atoms in total. The highest BCUT2D eigenvalue weighted by Gasteiger charge is 2.43. The molecular formula is C12H18N2O4. The first-order valence-electron chi connectivity index (χ1n) is 6.20. The third-order valence-electron chi connectivity index (χ3n) is 3.78. The van der Waals surface area contributed by atoms with Crippen molar-refractivity contribution in [2.75, 3.05) is 13.6 Å². The number of likely N-dealkylation sites (N-methyl/N-ethyl adjacent to an activating group) is 1. The van der Waals surface area contributed by atoms with Crippen molar-refractivity contribution in [3.8, 4) is 0 Å². The molecule has 2 fully saturated rings. The van der Waals surface area contributed by atoms with Gasteiger partial charge in [-0.2, -0.15) is 0 Å². The Bertz CT molecular complexity index is 392. The summed E-state index contributed by atoms with van der Waals surface area (Å²) in [5.41, 5.74) is 0. The third kappa shape index (κ3) is 2.32. The Labute approximate surface area is 106 Å². The lowest BCUT2D eigenvalue weighted by Gasteiger charge is -2.24. The van der Waals surface area contributed by atoms with Crippen LogP contribution in [0.25, 0.3) is 0 Å². The van der Waals surface area contributed by atoms with E-state index in [9.17, 15) is 14.4 Å². The fourth-order valence-electron chi connectivity index (χ4n) is 2.28. The highest BCUT2D eigenvalue weighted by molar-refractivity contribution is 5.91. The van der Waals surface area contributed by atoms with E-state index in [-0.39, 0.29) is 24.2 Å². The number of aliphatic carboxylic acids is 1. The number of carboxylic acid groups (broad SMARTS) is 1. The van der Waals surface area contributed by atoms with Gasteiger partial charge in [-0.25, -0.2) is 4.79 Å². The van der Waals surface area contributed by atoms with Crippen molar-refractivity contribution in [2.24, 2.45) is 5.92 Å². The summed E-state index contributed by atoms with van der Waals surface area (Å²) in [6.45, 7) is 1.91. The van der Waals surface area contributed by atoms with Gasteiger partial charge in [0.15, 0.2) is 0 Å². The number of hydrogen-bond acceptors (Lipinski definition) is 3. The van der Waals surface area contributed by atoms with Gasteiger partial charge in [0.2, 0.25) is 11.8 Å². The van der Waals surface area contributed by atoms with Crippen LogP contribution in [0, 0.1) is 5.92 Å². The molecule has 0 spiro atoms. The zero-order valence-electron chi connectivity index (χ0n) is 10.6. The molecule has 6 heteroatoms. The molecule has 2 atom stereocenters. The van der Waals surface area contributed by atoms with E-state index in [0.29, 0.717) is 12.6 Å². The van der Waals surface area contributed by atoms with Gasteiger partial charge in [0.25, 0.3) is 0 Å². The number of hydrogen-bond donors (Lipinski definition) is 1. The van der Waals surface area contributed by atoms with E-state index < -0.39 is 12.0 Å². The standard InChI is InChI=1S/C12H18N2O4/c1-7(12(17)18)13(2)11(16)8-5-10(15)14(6-8)9-3-4-9/h7-9H,3-6H2,1-2H3,(H,17,18). The number of rotatable bonds is 4. The molecular weight excluding hydrogens is 236 g/mol. The Morgan fingerprint density at radius 1 is 1.44 bits per heavy atom. The molecule has 1 N–H and O–H groups in total. The zero-order valence-corrected chi connectivity index (χ0v) is 10.6. The average Bonchev–Trinajstić information content (AvgIpc) is 3.09. The fourth-order valence-corrected chi connectivity index (χ4v) is 2.28. The number of nitrogens with zero attached hydrogens (tertiary/aromatic N) is 2. The molecule has 0 aromatic carbocycles. The summed E-state index contributed by atoms with van der Waals surface area (Å²) < 4.78 is 0. The van der Waals surface area contributed by atoms with E-state index in [4.69, 9.17) is 5.11 Å². The highest BCUT2D eigenvalue weighted by Crippen LogP contribution is 2.33. The monoisotopic (exact) mass is 254 g/mol. The van der Waals surface area contributed by atoms with E-state index in [1.807, 2.05) is 0 Å². The first-order valence-corrected chi connectivity index (χ1v) is 6.20. The summed E-state index contributed by atoms with van der Waals surface area (Å²) in [5, 5.41) is 8.88. The maximum absolute atomic E-state index is 12.1. The largest absolute Gasteiger partial charge is 0.480 e. The molecule has 2 unspecified atom stereocenters. The Kier molecular flexibility index (Phi) is 3.28. The zero-order chi connectivity index (χ0) is 13.4. The average molecular weight is 254 g/mol. The normalized spacial score (nSPS) is 25.1. The maximum Gasteiger partial charge on any atom is 0.326 e. The third-order valence-corrected chi connectivity index (χ3v) is 3.78. The number of carboxylic acids is 1. The molecule has 2 aliphatic rings. The highest BCUT2D eigenvalue weighted by atomic mass is 16.4. The summed E-state index contributed by atoms with van der Waals surface area (Å²) in [4.78, 5) is 37.7. The summed E-state index contributed by atoms with van der Waals surface area (Å²) >= 11 is 0. The van der Waals surface area contributed by atoms with E-state index in [1.54, 1.807) is 4.90 Å². The first-order chi connectivity index (χ1) is 8.41. The second-order valence-electron chi connectivity index (χ2n) is 5.14. The van der Waals surface area contributed by atoms with Crippen molar-refractivity contribution in [1.29, 1.82) is 0 Å². The van der Waals surface area contributed by atoms with Gasteiger partial charge in [0.05, 0.1) is 5.92 Å². The van der Waals surface area contributed by atoms with Crippen molar-refractivity contribution in [3.63, 3.8) is 0 Å². The van der Waals surface area contributed by atoms with Crippen molar-refractivity contribution in [1.82, 2.24) is 9.80 Å². The molecule has 18 heavy (non-hydrogen) atoms. The molecule has 0 aromatic heterocycles. The topological polar surface area (TPSA) is 77.9 Å². The van der Waals surface area contributed by atoms with Gasteiger partial charge in [-0.05, 0) is 19.8 Å². The van der Waals surface area contributed by atoms with Crippen LogP contribution in [0.2, 0.25) is 0 Å². The molecule has 1 aliphatic carbocycles. The molecule has 100 valence electrons. The Balaban J connectivity index is 1.97. The summed E-state index contributed by atoms with van der Waals surface area (Å²) in [7, 11) is 1.48. The maximum atomic E-state index is 12.1. The van der Waals surface area contributed by atoms with Gasteiger partial charge in [0, 0.05) is 26.1 Å². The second-order valence-corrected chi connectivity index (χ2v) is 5.14. The molecule has 1 saturated heterocycles. The van der Waals surface area contributed by atoms with Crippen molar-refractivity contribution in [2.45, 2.75) is 38.3 Å². The van der Waals surface area contributed by atoms with Gasteiger partial charge in [0.1, 0.15) is 6.04 Å². The predicted molar refractivity (Wildman–Crippen MR) is 62.7 cm³/mol. The number of carbonyl (C=O) groups excluding carboxylic acids is 2. The fraction of sp³-hybridized carbons (Fsp3) is 0.750. The van der Waals surface area contributed by atoms with Gasteiger partial charge < -0.3 is 14.9 Å². The smallest absolute Gasteiger partial charge is 0.326 e. The minimum absolute atomic E-state index is 0.0206. The molecule has 2 rings (SSSR count). The minimum Gasteiger partial charge on any atom is -0.480 e. The van der Waals surface area contributed by atoms with Crippen LogP contribution >= 0.6 is 0 Å². The van der Waals surface area contributed by atoms with E-state index >= 15 is 0 Å². The van der Waals surface area contributed by atoms with Crippen LogP contribution in [0.5, 0.6) is 0 Å². The van der Waals surface area contributed by atoms with Crippen LogP contribution in [0.4, 0.5) is 0 Å².